The fraction of sp³-hybridized carbons (Fsp3) is 0.273. The van der Waals surface area contributed by atoms with Crippen molar-refractivity contribution in [2.24, 2.45) is 0 Å². The van der Waals surface area contributed by atoms with Crippen LogP contribution in [0.3, 0.4) is 0 Å². The number of carbonyl (C=O) groups excluding carboxylic acids is 3. The summed E-state index contributed by atoms with van der Waals surface area (Å²) in [5.74, 6) is -1.37. The van der Waals surface area contributed by atoms with E-state index in [2.05, 4.69) is 10.3 Å². The molecule has 1 aromatic rings. The number of urea groups is 1. The monoisotopic (exact) mass is 317 g/mol. The lowest BCUT2D eigenvalue weighted by molar-refractivity contribution is -0.130. The van der Waals surface area contributed by atoms with Gasteiger partial charge in [-0.1, -0.05) is 23.2 Å². The topological polar surface area (TPSA) is 88.6 Å². The average Bonchev–Trinajstić information content (AvgIpc) is 2.85. The van der Waals surface area contributed by atoms with Crippen LogP contribution in [0.5, 0.6) is 0 Å². The third kappa shape index (κ3) is 3.17. The van der Waals surface area contributed by atoms with E-state index >= 15 is 0 Å². The first-order valence-electron chi connectivity index (χ1n) is 5.55. The third-order valence-corrected chi connectivity index (χ3v) is 3.20. The molecule has 1 N–H and O–H groups in total. The SMILES string of the molecule is O=C(OCC(=O)N1CCNC1=O)c1cnc(Cl)c(Cl)c1. The van der Waals surface area contributed by atoms with E-state index in [1.54, 1.807) is 0 Å². The number of imide groups is 1. The number of hydrogen-bond donors (Lipinski definition) is 1. The van der Waals surface area contributed by atoms with Gasteiger partial charge in [0.05, 0.1) is 10.6 Å². The molecule has 0 radical (unpaired) electrons. The van der Waals surface area contributed by atoms with Crippen molar-refractivity contribution in [2.45, 2.75) is 0 Å². The van der Waals surface area contributed by atoms with Crippen molar-refractivity contribution in [3.05, 3.63) is 28.0 Å². The predicted molar refractivity (Wildman–Crippen MR) is 69.7 cm³/mol. The molecule has 0 unspecified atom stereocenters. The van der Waals surface area contributed by atoms with Crippen molar-refractivity contribution in [2.75, 3.05) is 19.7 Å². The molecule has 0 bridgehead atoms. The molecule has 9 heteroatoms. The van der Waals surface area contributed by atoms with Crippen molar-refractivity contribution in [1.29, 1.82) is 0 Å². The fourth-order valence-electron chi connectivity index (χ4n) is 1.53. The quantitative estimate of drug-likeness (QED) is 0.666. The molecule has 7 nitrogen and oxygen atoms in total. The van der Waals surface area contributed by atoms with Crippen molar-refractivity contribution < 1.29 is 19.1 Å². The Kier molecular flexibility index (Phi) is 4.41. The van der Waals surface area contributed by atoms with Gasteiger partial charge in [0.1, 0.15) is 5.15 Å². The maximum atomic E-state index is 11.7. The Morgan fingerprint density at radius 2 is 2.20 bits per heavy atom. The lowest BCUT2D eigenvalue weighted by Gasteiger charge is -2.12. The highest BCUT2D eigenvalue weighted by Gasteiger charge is 2.26. The Labute approximate surface area is 123 Å². The smallest absolute Gasteiger partial charge is 0.340 e. The summed E-state index contributed by atoms with van der Waals surface area (Å²) in [5.41, 5.74) is 0.0677. The highest BCUT2D eigenvalue weighted by Crippen LogP contribution is 2.20. The lowest BCUT2D eigenvalue weighted by Crippen LogP contribution is -2.37. The highest BCUT2D eigenvalue weighted by molar-refractivity contribution is 6.41. The third-order valence-electron chi connectivity index (χ3n) is 2.52. The summed E-state index contributed by atoms with van der Waals surface area (Å²) in [5, 5.41) is 2.63. The number of pyridine rings is 1. The molecular formula is C11H9Cl2N3O4. The van der Waals surface area contributed by atoms with Crippen LogP contribution in [0.25, 0.3) is 0 Å². The minimum atomic E-state index is -0.774. The Morgan fingerprint density at radius 3 is 2.80 bits per heavy atom. The Balaban J connectivity index is 1.93. The first kappa shape index (κ1) is 14.5. The van der Waals surface area contributed by atoms with Gasteiger partial charge >= 0.3 is 12.0 Å². The van der Waals surface area contributed by atoms with Gasteiger partial charge in [-0.25, -0.2) is 14.6 Å². The number of halogens is 2. The second kappa shape index (κ2) is 6.06. The van der Waals surface area contributed by atoms with E-state index in [0.29, 0.717) is 6.54 Å². The Hall–Kier alpha value is -1.86. The number of nitrogens with zero attached hydrogens (tertiary/aromatic N) is 2. The van der Waals surface area contributed by atoms with Gasteiger partial charge in [0.15, 0.2) is 6.61 Å². The lowest BCUT2D eigenvalue weighted by atomic mass is 10.3. The zero-order chi connectivity index (χ0) is 14.7. The number of nitrogens with one attached hydrogen (secondary N) is 1. The molecule has 0 atom stereocenters. The van der Waals surface area contributed by atoms with Gasteiger partial charge in [0.2, 0.25) is 0 Å². The summed E-state index contributed by atoms with van der Waals surface area (Å²) in [6.07, 6.45) is 1.18. The molecule has 1 saturated heterocycles. The van der Waals surface area contributed by atoms with Crippen LogP contribution in [0.15, 0.2) is 12.3 Å². The maximum absolute atomic E-state index is 11.7. The molecule has 106 valence electrons. The number of hydrogen-bond acceptors (Lipinski definition) is 5. The zero-order valence-corrected chi connectivity index (χ0v) is 11.6. The van der Waals surface area contributed by atoms with E-state index in [1.165, 1.54) is 12.3 Å². The van der Waals surface area contributed by atoms with Gasteiger partial charge in [-0.05, 0) is 6.07 Å². The minimum absolute atomic E-state index is 0.0630. The van der Waals surface area contributed by atoms with Gasteiger partial charge in [0, 0.05) is 19.3 Å². The number of rotatable bonds is 3. The fourth-order valence-corrected chi connectivity index (χ4v) is 1.80. The van der Waals surface area contributed by atoms with Crippen molar-refractivity contribution in [1.82, 2.24) is 15.2 Å². The van der Waals surface area contributed by atoms with E-state index in [-0.39, 0.29) is 22.3 Å². The Morgan fingerprint density at radius 1 is 1.45 bits per heavy atom. The van der Waals surface area contributed by atoms with Crippen molar-refractivity contribution >= 4 is 41.1 Å². The number of carbonyl (C=O) groups is 3. The van der Waals surface area contributed by atoms with Crippen LogP contribution in [-0.4, -0.2) is 47.5 Å². The molecule has 2 heterocycles. The van der Waals surface area contributed by atoms with Gasteiger partial charge in [-0.15, -0.1) is 0 Å². The van der Waals surface area contributed by atoms with Crippen LogP contribution >= 0.6 is 23.2 Å². The molecule has 0 saturated carbocycles. The zero-order valence-electron chi connectivity index (χ0n) is 10.1. The van der Waals surface area contributed by atoms with Crippen LogP contribution in [0, 0.1) is 0 Å². The molecular weight excluding hydrogens is 309 g/mol. The van der Waals surface area contributed by atoms with Crippen LogP contribution < -0.4 is 5.32 Å². The molecule has 3 amide bonds. The van der Waals surface area contributed by atoms with Gasteiger partial charge in [0.25, 0.3) is 5.91 Å². The van der Waals surface area contributed by atoms with E-state index in [0.717, 1.165) is 4.90 Å². The first-order valence-corrected chi connectivity index (χ1v) is 6.31. The molecule has 1 aliphatic heterocycles. The Bertz CT molecular complexity index is 579. The second-order valence-corrected chi connectivity index (χ2v) is 4.62. The molecule has 0 aromatic carbocycles. The van der Waals surface area contributed by atoms with E-state index in [1.807, 2.05) is 0 Å². The van der Waals surface area contributed by atoms with Crippen molar-refractivity contribution in [3.8, 4) is 0 Å². The highest BCUT2D eigenvalue weighted by atomic mass is 35.5. The standard InChI is InChI=1S/C11H9Cl2N3O4/c12-7-3-6(4-15-9(7)13)10(18)20-5-8(17)16-2-1-14-11(16)19/h3-4H,1-2,5H2,(H,14,19). The van der Waals surface area contributed by atoms with Crippen LogP contribution in [-0.2, 0) is 9.53 Å². The largest absolute Gasteiger partial charge is 0.452 e. The van der Waals surface area contributed by atoms with Gasteiger partial charge < -0.3 is 10.1 Å². The molecule has 2 rings (SSSR count). The molecule has 1 aromatic heterocycles. The number of ether oxygens (including phenoxy) is 1. The molecule has 0 aliphatic carbocycles. The van der Waals surface area contributed by atoms with Crippen LogP contribution in [0.4, 0.5) is 4.79 Å². The minimum Gasteiger partial charge on any atom is -0.452 e. The summed E-state index contributed by atoms with van der Waals surface area (Å²) in [4.78, 5) is 39.2. The van der Waals surface area contributed by atoms with Crippen LogP contribution in [0.1, 0.15) is 10.4 Å². The molecule has 0 spiro atoms. The number of aromatic nitrogens is 1. The summed E-state index contributed by atoms with van der Waals surface area (Å²) in [6, 6.07) is 0.786. The van der Waals surface area contributed by atoms with Gasteiger partial charge in [-0.3, -0.25) is 9.69 Å². The van der Waals surface area contributed by atoms with E-state index in [9.17, 15) is 14.4 Å². The predicted octanol–water partition coefficient (Wildman–Crippen LogP) is 1.10. The molecule has 1 aliphatic rings. The summed E-state index contributed by atoms with van der Waals surface area (Å²) >= 11 is 11.3. The van der Waals surface area contributed by atoms with Crippen molar-refractivity contribution in [3.63, 3.8) is 0 Å². The first-order chi connectivity index (χ1) is 9.49. The summed E-state index contributed by atoms with van der Waals surface area (Å²) < 4.78 is 4.79. The molecule has 20 heavy (non-hydrogen) atoms. The second-order valence-electron chi connectivity index (χ2n) is 3.85. The number of amides is 3. The van der Waals surface area contributed by atoms with Gasteiger partial charge in [-0.2, -0.15) is 0 Å². The number of esters is 1. The average molecular weight is 318 g/mol. The molecule has 1 fully saturated rings. The summed E-state index contributed by atoms with van der Waals surface area (Å²) in [6.45, 7) is 0.102. The maximum Gasteiger partial charge on any atom is 0.340 e. The summed E-state index contributed by atoms with van der Waals surface area (Å²) in [7, 11) is 0. The van der Waals surface area contributed by atoms with E-state index in [4.69, 9.17) is 27.9 Å². The van der Waals surface area contributed by atoms with E-state index < -0.39 is 24.5 Å². The van der Waals surface area contributed by atoms with Crippen LogP contribution in [0.2, 0.25) is 10.2 Å². The normalized spacial score (nSPS) is 14.1.